The maximum atomic E-state index is 14.2. The number of alkyl halides is 5. The first-order valence-corrected chi connectivity index (χ1v) is 9.29. The van der Waals surface area contributed by atoms with Crippen LogP contribution in [0.3, 0.4) is 0 Å². The van der Waals surface area contributed by atoms with E-state index in [0.29, 0.717) is 18.6 Å². The molecule has 0 bridgehead atoms. The summed E-state index contributed by atoms with van der Waals surface area (Å²) in [5.74, 6) is -4.80. The van der Waals surface area contributed by atoms with Crippen molar-refractivity contribution >= 4 is 5.71 Å². The Morgan fingerprint density at radius 2 is 1.54 bits per heavy atom. The second kappa shape index (κ2) is 6.13. The molecule has 1 saturated carbocycles. The van der Waals surface area contributed by atoms with Crippen molar-refractivity contribution in [2.24, 2.45) is 4.99 Å². The summed E-state index contributed by atoms with van der Waals surface area (Å²) in [4.78, 5) is 4.69. The average molecular weight is 393 g/mol. The van der Waals surface area contributed by atoms with Crippen LogP contribution >= 0.6 is 0 Å². The molecule has 0 aromatic heterocycles. The Hall–Kier alpha value is -2.24. The Balaban J connectivity index is 1.95. The first kappa shape index (κ1) is 19.1. The number of fused-ring (bicyclic) bond motifs is 3. The van der Waals surface area contributed by atoms with Gasteiger partial charge in [0.25, 0.3) is 0 Å². The van der Waals surface area contributed by atoms with Gasteiger partial charge in [-0.1, -0.05) is 67.9 Å². The van der Waals surface area contributed by atoms with Crippen LogP contribution in [0.25, 0.3) is 0 Å². The predicted molar refractivity (Wildman–Crippen MR) is 98.1 cm³/mol. The van der Waals surface area contributed by atoms with Gasteiger partial charge in [0, 0.05) is 23.0 Å². The van der Waals surface area contributed by atoms with Crippen molar-refractivity contribution < 1.29 is 22.0 Å². The molecule has 1 fully saturated rings. The molecule has 2 aliphatic rings. The lowest BCUT2D eigenvalue weighted by Crippen LogP contribution is -2.54. The van der Waals surface area contributed by atoms with Crippen LogP contribution < -0.4 is 0 Å². The molecule has 28 heavy (non-hydrogen) atoms. The van der Waals surface area contributed by atoms with E-state index in [-0.39, 0.29) is 6.42 Å². The maximum absolute atomic E-state index is 14.2. The third kappa shape index (κ3) is 2.68. The van der Waals surface area contributed by atoms with E-state index in [1.807, 2.05) is 42.5 Å². The van der Waals surface area contributed by atoms with E-state index in [1.54, 1.807) is 19.1 Å². The number of nitrogens with zero attached hydrogens (tertiary/aromatic N) is 1. The third-order valence-corrected chi connectivity index (χ3v) is 6.37. The number of aliphatic imine (C=N–C) groups is 1. The molecule has 0 radical (unpaired) electrons. The van der Waals surface area contributed by atoms with Crippen LogP contribution in [0.2, 0.25) is 0 Å². The Morgan fingerprint density at radius 1 is 0.893 bits per heavy atom. The van der Waals surface area contributed by atoms with Gasteiger partial charge in [0.1, 0.15) is 0 Å². The Morgan fingerprint density at radius 3 is 2.21 bits per heavy atom. The van der Waals surface area contributed by atoms with Gasteiger partial charge < -0.3 is 0 Å². The number of rotatable bonds is 3. The van der Waals surface area contributed by atoms with E-state index in [2.05, 4.69) is 0 Å². The highest BCUT2D eigenvalue weighted by molar-refractivity contribution is 6.15. The Kier molecular flexibility index (Phi) is 4.18. The molecule has 0 spiro atoms. The highest BCUT2D eigenvalue weighted by atomic mass is 19.4. The minimum Gasteiger partial charge on any atom is -0.276 e. The molecule has 2 aromatic rings. The molecule has 1 aliphatic carbocycles. The molecule has 2 aromatic carbocycles. The maximum Gasteiger partial charge on any atom is 0.453 e. The lowest BCUT2D eigenvalue weighted by molar-refractivity contribution is -0.290. The van der Waals surface area contributed by atoms with Gasteiger partial charge >= 0.3 is 12.1 Å². The molecular weight excluding hydrogens is 373 g/mol. The topological polar surface area (TPSA) is 12.4 Å². The van der Waals surface area contributed by atoms with Crippen LogP contribution in [-0.4, -0.2) is 23.3 Å². The molecule has 1 heterocycles. The minimum absolute atomic E-state index is 0.208. The van der Waals surface area contributed by atoms with Gasteiger partial charge in [-0.2, -0.15) is 22.0 Å². The van der Waals surface area contributed by atoms with Gasteiger partial charge in [0.2, 0.25) is 0 Å². The van der Waals surface area contributed by atoms with E-state index < -0.39 is 29.5 Å². The summed E-state index contributed by atoms with van der Waals surface area (Å²) in [6.07, 6.45) is -5.62. The largest absolute Gasteiger partial charge is 0.453 e. The number of halogens is 5. The first-order valence-electron chi connectivity index (χ1n) is 9.29. The predicted octanol–water partition coefficient (Wildman–Crippen LogP) is 6.31. The van der Waals surface area contributed by atoms with Gasteiger partial charge in [-0.25, -0.2) is 0 Å². The van der Waals surface area contributed by atoms with Crippen LogP contribution in [0.15, 0.2) is 59.6 Å². The highest BCUT2D eigenvalue weighted by Gasteiger charge is 2.66. The Labute approximate surface area is 160 Å². The van der Waals surface area contributed by atoms with Gasteiger partial charge in [-0.3, -0.25) is 4.99 Å². The SMILES string of the molecule is CC12CCCC1(CC(F)(F)C(F)(F)F)N=C(c1ccccc1)c1ccccc12. The average Bonchev–Trinajstić information content (AvgIpc) is 2.97. The summed E-state index contributed by atoms with van der Waals surface area (Å²) in [5.41, 5.74) is 0.470. The summed E-state index contributed by atoms with van der Waals surface area (Å²) in [7, 11) is 0. The molecule has 0 saturated heterocycles. The Bertz CT molecular complexity index is 918. The van der Waals surface area contributed by atoms with Crippen molar-refractivity contribution in [3.63, 3.8) is 0 Å². The summed E-state index contributed by atoms with van der Waals surface area (Å²) in [6, 6.07) is 16.4. The van der Waals surface area contributed by atoms with Gasteiger partial charge in [0.05, 0.1) is 11.3 Å². The third-order valence-electron chi connectivity index (χ3n) is 6.37. The standard InChI is InChI=1S/C22H20F5N/c1-19-12-7-13-20(19,14-21(23,24)22(25,26)27)28-18(15-8-3-2-4-9-15)16-10-5-6-11-17(16)19/h2-6,8-11H,7,12-14H2,1H3. The fourth-order valence-corrected chi connectivity index (χ4v) is 4.86. The quantitative estimate of drug-likeness (QED) is 0.542. The number of hydrogen-bond acceptors (Lipinski definition) is 1. The van der Waals surface area contributed by atoms with Crippen molar-refractivity contribution in [3.8, 4) is 0 Å². The second-order valence-electron chi connectivity index (χ2n) is 7.97. The van der Waals surface area contributed by atoms with E-state index in [0.717, 1.165) is 16.7 Å². The number of benzene rings is 2. The molecule has 0 amide bonds. The molecule has 2 atom stereocenters. The number of hydrogen-bond donors (Lipinski definition) is 0. The molecule has 1 aliphatic heterocycles. The van der Waals surface area contributed by atoms with Gasteiger partial charge in [0.15, 0.2) is 0 Å². The second-order valence-corrected chi connectivity index (χ2v) is 7.97. The molecular formula is C22H20F5N. The van der Waals surface area contributed by atoms with Crippen molar-refractivity contribution in [1.29, 1.82) is 0 Å². The molecule has 2 unspecified atom stereocenters. The fraction of sp³-hybridized carbons (Fsp3) is 0.409. The summed E-state index contributed by atoms with van der Waals surface area (Å²) in [5, 5.41) is 0. The van der Waals surface area contributed by atoms with Crippen LogP contribution in [0.4, 0.5) is 22.0 Å². The van der Waals surface area contributed by atoms with Crippen LogP contribution in [0.5, 0.6) is 0 Å². The van der Waals surface area contributed by atoms with Crippen LogP contribution in [0.1, 0.15) is 49.3 Å². The lowest BCUT2D eigenvalue weighted by atomic mass is 9.63. The minimum atomic E-state index is -5.59. The first-order chi connectivity index (χ1) is 13.1. The van der Waals surface area contributed by atoms with Crippen molar-refractivity contribution in [2.45, 2.75) is 55.7 Å². The van der Waals surface area contributed by atoms with Crippen molar-refractivity contribution in [1.82, 2.24) is 0 Å². The van der Waals surface area contributed by atoms with Crippen molar-refractivity contribution in [3.05, 3.63) is 71.3 Å². The van der Waals surface area contributed by atoms with Gasteiger partial charge in [-0.05, 0) is 18.4 Å². The van der Waals surface area contributed by atoms with E-state index >= 15 is 0 Å². The molecule has 4 rings (SSSR count). The summed E-state index contributed by atoms with van der Waals surface area (Å²) >= 11 is 0. The lowest BCUT2D eigenvalue weighted by Gasteiger charge is -2.47. The van der Waals surface area contributed by atoms with Gasteiger partial charge in [-0.15, -0.1) is 0 Å². The molecule has 0 N–H and O–H groups in total. The molecule has 6 heteroatoms. The zero-order chi connectivity index (χ0) is 20.2. The summed E-state index contributed by atoms with van der Waals surface area (Å²) in [6.45, 7) is 1.79. The van der Waals surface area contributed by atoms with E-state index in [9.17, 15) is 22.0 Å². The molecule has 148 valence electrons. The monoisotopic (exact) mass is 393 g/mol. The van der Waals surface area contributed by atoms with Crippen LogP contribution in [-0.2, 0) is 5.41 Å². The fourth-order valence-electron chi connectivity index (χ4n) is 4.86. The van der Waals surface area contributed by atoms with Crippen molar-refractivity contribution in [2.75, 3.05) is 0 Å². The smallest absolute Gasteiger partial charge is 0.276 e. The van der Waals surface area contributed by atoms with E-state index in [1.165, 1.54) is 0 Å². The van der Waals surface area contributed by atoms with E-state index in [4.69, 9.17) is 4.99 Å². The van der Waals surface area contributed by atoms with Crippen LogP contribution in [0, 0.1) is 0 Å². The molecule has 1 nitrogen and oxygen atoms in total. The zero-order valence-corrected chi connectivity index (χ0v) is 15.4. The normalized spacial score (nSPS) is 27.1. The zero-order valence-electron chi connectivity index (χ0n) is 15.4. The highest BCUT2D eigenvalue weighted by Crippen LogP contribution is 2.59. The summed E-state index contributed by atoms with van der Waals surface area (Å²) < 4.78 is 67.7.